The molecule has 2 N–H and O–H groups in total. The van der Waals surface area contributed by atoms with Gasteiger partial charge in [-0.3, -0.25) is 0 Å². The van der Waals surface area contributed by atoms with Gasteiger partial charge < -0.3 is 10.6 Å². The quantitative estimate of drug-likeness (QED) is 0.800. The Hall–Kier alpha value is -1.04. The molecular formula is C12H19F2N3S. The average Bonchev–Trinajstić information content (AvgIpc) is 2.33. The van der Waals surface area contributed by atoms with Gasteiger partial charge in [0, 0.05) is 18.7 Å². The van der Waals surface area contributed by atoms with E-state index >= 15 is 0 Å². The van der Waals surface area contributed by atoms with Gasteiger partial charge >= 0.3 is 0 Å². The fourth-order valence-corrected chi connectivity index (χ4v) is 2.05. The van der Waals surface area contributed by atoms with Gasteiger partial charge in [-0.25, -0.2) is 13.8 Å². The monoisotopic (exact) mass is 275 g/mol. The fourth-order valence-electron chi connectivity index (χ4n) is 1.46. The van der Waals surface area contributed by atoms with Crippen molar-refractivity contribution in [3.05, 3.63) is 17.7 Å². The molecule has 0 aliphatic rings. The number of pyridine rings is 1. The van der Waals surface area contributed by atoms with Crippen molar-refractivity contribution < 1.29 is 8.78 Å². The normalized spacial score (nSPS) is 12.3. The Morgan fingerprint density at radius 1 is 1.33 bits per heavy atom. The number of thioether (sulfide) groups is 1. The maximum Gasteiger partial charge on any atom is 0.168 e. The van der Waals surface area contributed by atoms with Crippen LogP contribution >= 0.6 is 11.8 Å². The van der Waals surface area contributed by atoms with E-state index in [1.165, 1.54) is 0 Å². The van der Waals surface area contributed by atoms with Gasteiger partial charge in [0.05, 0.1) is 0 Å². The molecule has 0 saturated heterocycles. The van der Waals surface area contributed by atoms with E-state index in [0.29, 0.717) is 6.54 Å². The van der Waals surface area contributed by atoms with Gasteiger partial charge in [0.1, 0.15) is 0 Å². The van der Waals surface area contributed by atoms with Crippen molar-refractivity contribution in [1.82, 2.24) is 4.98 Å². The molecule has 0 saturated carbocycles. The minimum absolute atomic E-state index is 0.0819. The van der Waals surface area contributed by atoms with Crippen LogP contribution in [-0.4, -0.2) is 29.6 Å². The SMILES string of the molecule is CCNc1nc(NC(C)CCSC)c(F)cc1F. The lowest BCUT2D eigenvalue weighted by Crippen LogP contribution is -2.18. The number of aromatic nitrogens is 1. The highest BCUT2D eigenvalue weighted by atomic mass is 32.2. The zero-order valence-corrected chi connectivity index (χ0v) is 11.7. The fraction of sp³-hybridized carbons (Fsp3) is 0.583. The second-order valence-corrected chi connectivity index (χ2v) is 4.99. The van der Waals surface area contributed by atoms with Crippen LogP contribution in [0.3, 0.4) is 0 Å². The number of hydrogen-bond donors (Lipinski definition) is 2. The van der Waals surface area contributed by atoms with E-state index in [1.54, 1.807) is 11.8 Å². The van der Waals surface area contributed by atoms with Crippen molar-refractivity contribution in [3.8, 4) is 0 Å². The first-order valence-corrected chi connectivity index (χ1v) is 7.33. The van der Waals surface area contributed by atoms with Gasteiger partial charge in [0.25, 0.3) is 0 Å². The number of halogens is 2. The minimum Gasteiger partial charge on any atom is -0.368 e. The largest absolute Gasteiger partial charge is 0.368 e. The van der Waals surface area contributed by atoms with Crippen molar-refractivity contribution in [2.24, 2.45) is 0 Å². The van der Waals surface area contributed by atoms with Crippen LogP contribution < -0.4 is 10.6 Å². The number of anilines is 2. The first-order valence-electron chi connectivity index (χ1n) is 5.93. The summed E-state index contributed by atoms with van der Waals surface area (Å²) < 4.78 is 26.9. The van der Waals surface area contributed by atoms with Crippen LogP contribution in [0, 0.1) is 11.6 Å². The van der Waals surface area contributed by atoms with E-state index in [1.807, 2.05) is 20.1 Å². The van der Waals surface area contributed by atoms with Crippen molar-refractivity contribution in [2.75, 3.05) is 29.2 Å². The molecule has 0 fully saturated rings. The lowest BCUT2D eigenvalue weighted by atomic mass is 10.2. The third-order valence-corrected chi connectivity index (χ3v) is 3.06. The summed E-state index contributed by atoms with van der Waals surface area (Å²) in [7, 11) is 0. The first kappa shape index (κ1) is 15.0. The number of nitrogens with one attached hydrogen (secondary N) is 2. The Bertz CT molecular complexity index is 388. The Morgan fingerprint density at radius 3 is 2.61 bits per heavy atom. The summed E-state index contributed by atoms with van der Waals surface area (Å²) in [6.07, 6.45) is 2.92. The molecule has 6 heteroatoms. The minimum atomic E-state index is -0.670. The van der Waals surface area contributed by atoms with Crippen LogP contribution in [0.2, 0.25) is 0 Å². The van der Waals surface area contributed by atoms with Crippen molar-refractivity contribution in [1.29, 1.82) is 0 Å². The number of rotatable bonds is 7. The van der Waals surface area contributed by atoms with Crippen molar-refractivity contribution in [2.45, 2.75) is 26.3 Å². The summed E-state index contributed by atoms with van der Waals surface area (Å²) in [6, 6.07) is 0.952. The molecule has 18 heavy (non-hydrogen) atoms. The van der Waals surface area contributed by atoms with Crippen LogP contribution in [0.5, 0.6) is 0 Å². The summed E-state index contributed by atoms with van der Waals surface area (Å²) in [5.41, 5.74) is 0. The Morgan fingerprint density at radius 2 is 2.00 bits per heavy atom. The Balaban J connectivity index is 2.78. The lowest BCUT2D eigenvalue weighted by Gasteiger charge is -2.15. The van der Waals surface area contributed by atoms with Crippen molar-refractivity contribution >= 4 is 23.4 Å². The van der Waals surface area contributed by atoms with E-state index in [4.69, 9.17) is 0 Å². The highest BCUT2D eigenvalue weighted by molar-refractivity contribution is 7.98. The van der Waals surface area contributed by atoms with Crippen LogP contribution in [0.4, 0.5) is 20.4 Å². The van der Waals surface area contributed by atoms with Gasteiger partial charge in [0.15, 0.2) is 23.3 Å². The van der Waals surface area contributed by atoms with E-state index in [-0.39, 0.29) is 17.7 Å². The second kappa shape index (κ2) is 7.41. The Kier molecular flexibility index (Phi) is 6.18. The molecule has 0 aromatic carbocycles. The molecule has 1 aromatic heterocycles. The van der Waals surface area contributed by atoms with Gasteiger partial charge in [-0.2, -0.15) is 11.8 Å². The predicted molar refractivity (Wildman–Crippen MR) is 74.4 cm³/mol. The summed E-state index contributed by atoms with van der Waals surface area (Å²) in [5.74, 6) is -0.168. The molecular weight excluding hydrogens is 256 g/mol. The first-order chi connectivity index (χ1) is 8.58. The summed E-state index contributed by atoms with van der Waals surface area (Å²) in [6.45, 7) is 4.32. The van der Waals surface area contributed by atoms with E-state index < -0.39 is 11.6 Å². The van der Waals surface area contributed by atoms with E-state index in [0.717, 1.165) is 18.2 Å². The molecule has 0 bridgehead atoms. The van der Waals surface area contributed by atoms with E-state index in [9.17, 15) is 8.78 Å². The molecule has 1 unspecified atom stereocenters. The van der Waals surface area contributed by atoms with Gasteiger partial charge in [-0.15, -0.1) is 0 Å². The topological polar surface area (TPSA) is 37.0 Å². The van der Waals surface area contributed by atoms with Gasteiger partial charge in [0.2, 0.25) is 0 Å². The standard InChI is InChI=1S/C12H19F2N3S/c1-4-15-11-9(13)7-10(14)12(17-11)16-8(2)5-6-18-3/h7-8H,4-6H2,1-3H3,(H2,15,16,17). The summed E-state index contributed by atoms with van der Waals surface area (Å²) >= 11 is 1.73. The molecule has 0 spiro atoms. The van der Waals surface area contributed by atoms with Crippen LogP contribution in [0.25, 0.3) is 0 Å². The number of nitrogens with zero attached hydrogens (tertiary/aromatic N) is 1. The molecule has 3 nitrogen and oxygen atoms in total. The highest BCUT2D eigenvalue weighted by Crippen LogP contribution is 2.20. The smallest absolute Gasteiger partial charge is 0.168 e. The van der Waals surface area contributed by atoms with E-state index in [2.05, 4.69) is 15.6 Å². The molecule has 1 rings (SSSR count). The average molecular weight is 275 g/mol. The summed E-state index contributed by atoms with van der Waals surface area (Å²) in [4.78, 5) is 3.93. The third-order valence-electron chi connectivity index (χ3n) is 2.41. The number of hydrogen-bond acceptors (Lipinski definition) is 4. The molecule has 0 amide bonds. The van der Waals surface area contributed by atoms with Crippen LogP contribution in [0.1, 0.15) is 20.3 Å². The zero-order chi connectivity index (χ0) is 13.5. The van der Waals surface area contributed by atoms with Gasteiger partial charge in [-0.05, 0) is 32.3 Å². The Labute approximate surface area is 111 Å². The molecule has 1 atom stereocenters. The highest BCUT2D eigenvalue weighted by Gasteiger charge is 2.13. The van der Waals surface area contributed by atoms with Gasteiger partial charge in [-0.1, -0.05) is 0 Å². The maximum absolute atomic E-state index is 13.6. The molecule has 1 heterocycles. The van der Waals surface area contributed by atoms with Crippen molar-refractivity contribution in [3.63, 3.8) is 0 Å². The molecule has 0 aliphatic carbocycles. The second-order valence-electron chi connectivity index (χ2n) is 4.01. The van der Waals surface area contributed by atoms with Crippen LogP contribution in [-0.2, 0) is 0 Å². The maximum atomic E-state index is 13.6. The van der Waals surface area contributed by atoms with Crippen LogP contribution in [0.15, 0.2) is 6.07 Å². The summed E-state index contributed by atoms with van der Waals surface area (Å²) in [5, 5.41) is 5.73. The molecule has 1 aromatic rings. The lowest BCUT2D eigenvalue weighted by molar-refractivity contribution is 0.575. The predicted octanol–water partition coefficient (Wildman–Crippen LogP) is 3.35. The molecule has 0 aliphatic heterocycles. The molecule has 0 radical (unpaired) electrons. The molecule has 102 valence electrons. The zero-order valence-electron chi connectivity index (χ0n) is 10.9. The third kappa shape index (κ3) is 4.33.